The smallest absolute Gasteiger partial charge is 0.306 e. The van der Waals surface area contributed by atoms with Crippen LogP contribution in [0.3, 0.4) is 0 Å². The zero-order chi connectivity index (χ0) is 17.9. The number of carbonyl (C=O) groups excluding carboxylic acids is 1. The highest BCUT2D eigenvalue weighted by molar-refractivity contribution is 7.90. The lowest BCUT2D eigenvalue weighted by Crippen LogP contribution is -2.22. The number of esters is 1. The SMILES string of the molecule is Cc1cc(COC(=O)CCCN=C2NS(=O)(=O)c3ccccc32)no1. The fourth-order valence-electron chi connectivity index (χ4n) is 2.38. The highest BCUT2D eigenvalue weighted by Crippen LogP contribution is 2.22. The molecule has 3 rings (SSSR count). The Morgan fingerprint density at radius 3 is 2.92 bits per heavy atom. The number of benzene rings is 1. The van der Waals surface area contributed by atoms with Crippen molar-refractivity contribution >= 4 is 21.8 Å². The van der Waals surface area contributed by atoms with E-state index in [1.807, 2.05) is 0 Å². The molecule has 0 saturated carbocycles. The number of rotatable bonds is 6. The standard InChI is InChI=1S/C16H17N3O5S/c1-11-9-12(18-24-11)10-23-15(20)7-4-8-17-16-13-5-2-3-6-14(13)25(21,22)19-16/h2-3,5-6,9H,4,7-8,10H2,1H3,(H,17,19). The third kappa shape index (κ3) is 4.05. The molecule has 8 nitrogen and oxygen atoms in total. The highest BCUT2D eigenvalue weighted by Gasteiger charge is 2.29. The van der Waals surface area contributed by atoms with Crippen LogP contribution in [0, 0.1) is 6.92 Å². The summed E-state index contributed by atoms with van der Waals surface area (Å²) in [6.07, 6.45) is 0.631. The van der Waals surface area contributed by atoms with Gasteiger partial charge in [0.15, 0.2) is 0 Å². The summed E-state index contributed by atoms with van der Waals surface area (Å²) >= 11 is 0. The predicted octanol–water partition coefficient (Wildman–Crippen LogP) is 1.55. The third-order valence-electron chi connectivity index (χ3n) is 3.53. The van der Waals surface area contributed by atoms with E-state index in [1.54, 1.807) is 31.2 Å². The molecule has 0 unspecified atom stereocenters. The number of fused-ring (bicyclic) bond motifs is 1. The van der Waals surface area contributed by atoms with Gasteiger partial charge in [-0.2, -0.15) is 0 Å². The van der Waals surface area contributed by atoms with Gasteiger partial charge >= 0.3 is 5.97 Å². The molecule has 25 heavy (non-hydrogen) atoms. The Hall–Kier alpha value is -2.68. The lowest BCUT2D eigenvalue weighted by molar-refractivity contribution is -0.145. The summed E-state index contributed by atoms with van der Waals surface area (Å²) in [5.41, 5.74) is 1.11. The Labute approximate surface area is 144 Å². The van der Waals surface area contributed by atoms with Gasteiger partial charge in [-0.1, -0.05) is 17.3 Å². The summed E-state index contributed by atoms with van der Waals surface area (Å²) in [6.45, 7) is 2.13. The van der Waals surface area contributed by atoms with Gasteiger partial charge in [0.25, 0.3) is 10.0 Å². The topological polar surface area (TPSA) is 111 Å². The van der Waals surface area contributed by atoms with Crippen molar-refractivity contribution in [3.05, 3.63) is 47.3 Å². The Bertz CT molecular complexity index is 917. The molecule has 0 atom stereocenters. The van der Waals surface area contributed by atoms with Gasteiger partial charge in [0.1, 0.15) is 23.9 Å². The van der Waals surface area contributed by atoms with Crippen LogP contribution in [0.2, 0.25) is 0 Å². The molecule has 0 amide bonds. The van der Waals surface area contributed by atoms with Crippen LogP contribution in [-0.4, -0.2) is 31.9 Å². The van der Waals surface area contributed by atoms with E-state index < -0.39 is 10.0 Å². The van der Waals surface area contributed by atoms with Crippen LogP contribution < -0.4 is 4.72 Å². The largest absolute Gasteiger partial charge is 0.459 e. The highest BCUT2D eigenvalue weighted by atomic mass is 32.2. The van der Waals surface area contributed by atoms with Gasteiger partial charge in [-0.15, -0.1) is 0 Å². The number of ether oxygens (including phenoxy) is 1. The average Bonchev–Trinajstić information content (AvgIpc) is 3.11. The van der Waals surface area contributed by atoms with Gasteiger partial charge in [0.05, 0.1) is 4.90 Å². The van der Waals surface area contributed by atoms with Crippen molar-refractivity contribution in [2.24, 2.45) is 4.99 Å². The Morgan fingerprint density at radius 1 is 1.36 bits per heavy atom. The lowest BCUT2D eigenvalue weighted by atomic mass is 10.2. The number of nitrogens with one attached hydrogen (secondary N) is 1. The number of amidine groups is 1. The maximum Gasteiger partial charge on any atom is 0.306 e. The van der Waals surface area contributed by atoms with E-state index >= 15 is 0 Å². The number of aryl methyl sites for hydroxylation is 1. The molecule has 0 radical (unpaired) electrons. The molecule has 9 heteroatoms. The maximum absolute atomic E-state index is 11.9. The first-order valence-corrected chi connectivity index (χ1v) is 9.18. The lowest BCUT2D eigenvalue weighted by Gasteiger charge is -2.02. The molecule has 132 valence electrons. The van der Waals surface area contributed by atoms with E-state index in [2.05, 4.69) is 14.9 Å². The maximum atomic E-state index is 11.9. The van der Waals surface area contributed by atoms with Crippen LogP contribution in [0.15, 0.2) is 44.7 Å². The second-order valence-electron chi connectivity index (χ2n) is 5.53. The first-order valence-electron chi connectivity index (χ1n) is 7.70. The number of hydrogen-bond acceptors (Lipinski definition) is 7. The number of sulfonamides is 1. The van der Waals surface area contributed by atoms with E-state index in [-0.39, 0.29) is 23.9 Å². The van der Waals surface area contributed by atoms with Crippen LogP contribution in [0.1, 0.15) is 29.9 Å². The number of nitrogens with zero attached hydrogens (tertiary/aromatic N) is 2. The fourth-order valence-corrected chi connectivity index (χ4v) is 3.63. The van der Waals surface area contributed by atoms with E-state index in [4.69, 9.17) is 9.26 Å². The van der Waals surface area contributed by atoms with Crippen molar-refractivity contribution in [1.29, 1.82) is 0 Å². The molecule has 1 N–H and O–H groups in total. The summed E-state index contributed by atoms with van der Waals surface area (Å²) in [5.74, 6) is 0.594. The van der Waals surface area contributed by atoms with Crippen LogP contribution in [0.25, 0.3) is 0 Å². The van der Waals surface area contributed by atoms with Crippen molar-refractivity contribution in [2.75, 3.05) is 6.54 Å². The van der Waals surface area contributed by atoms with Crippen LogP contribution in [-0.2, 0) is 26.2 Å². The molecular weight excluding hydrogens is 346 g/mol. The molecule has 1 aliphatic rings. The van der Waals surface area contributed by atoms with Crippen LogP contribution in [0.5, 0.6) is 0 Å². The van der Waals surface area contributed by atoms with E-state index in [1.165, 1.54) is 6.07 Å². The van der Waals surface area contributed by atoms with Crippen LogP contribution >= 0.6 is 0 Å². The molecule has 1 aliphatic heterocycles. The monoisotopic (exact) mass is 363 g/mol. The fraction of sp³-hybridized carbons (Fsp3) is 0.312. The number of aliphatic imine (C=N–C) groups is 1. The number of aromatic nitrogens is 1. The van der Waals surface area contributed by atoms with Crippen molar-refractivity contribution < 1.29 is 22.5 Å². The van der Waals surface area contributed by atoms with Crippen molar-refractivity contribution in [1.82, 2.24) is 9.88 Å². The van der Waals surface area contributed by atoms with Crippen molar-refractivity contribution in [3.63, 3.8) is 0 Å². The van der Waals surface area contributed by atoms with Gasteiger partial charge in [-0.3, -0.25) is 14.5 Å². The van der Waals surface area contributed by atoms with Gasteiger partial charge < -0.3 is 9.26 Å². The molecule has 0 fully saturated rings. The first-order chi connectivity index (χ1) is 12.0. The van der Waals surface area contributed by atoms with Gasteiger partial charge in [0, 0.05) is 24.6 Å². The van der Waals surface area contributed by atoms with Gasteiger partial charge in [-0.05, 0) is 25.5 Å². The normalized spacial score (nSPS) is 16.4. The van der Waals surface area contributed by atoms with Gasteiger partial charge in [-0.25, -0.2) is 8.42 Å². The van der Waals surface area contributed by atoms with E-state index in [0.717, 1.165) is 0 Å². The van der Waals surface area contributed by atoms with Crippen molar-refractivity contribution in [2.45, 2.75) is 31.3 Å². The van der Waals surface area contributed by atoms with Crippen LogP contribution in [0.4, 0.5) is 0 Å². The minimum absolute atomic E-state index is 0.0673. The molecule has 2 heterocycles. The first kappa shape index (κ1) is 17.2. The Kier molecular flexibility index (Phi) is 4.84. The second-order valence-corrected chi connectivity index (χ2v) is 7.18. The number of hydrogen-bond donors (Lipinski definition) is 1. The predicted molar refractivity (Wildman–Crippen MR) is 88.4 cm³/mol. The summed E-state index contributed by atoms with van der Waals surface area (Å²) < 4.78 is 36.3. The second kappa shape index (κ2) is 7.06. The van der Waals surface area contributed by atoms with E-state index in [9.17, 15) is 13.2 Å². The van der Waals surface area contributed by atoms with Gasteiger partial charge in [0.2, 0.25) is 0 Å². The number of carbonyl (C=O) groups is 1. The minimum Gasteiger partial charge on any atom is -0.459 e. The third-order valence-corrected chi connectivity index (χ3v) is 4.93. The average molecular weight is 363 g/mol. The van der Waals surface area contributed by atoms with Crippen molar-refractivity contribution in [3.8, 4) is 0 Å². The molecule has 0 spiro atoms. The Balaban J connectivity index is 1.48. The zero-order valence-electron chi connectivity index (χ0n) is 13.6. The molecule has 1 aromatic carbocycles. The molecular formula is C16H17N3O5S. The minimum atomic E-state index is -3.53. The quantitative estimate of drug-likeness (QED) is 0.616. The summed E-state index contributed by atoms with van der Waals surface area (Å²) in [4.78, 5) is 16.1. The van der Waals surface area contributed by atoms with E-state index in [0.29, 0.717) is 35.8 Å². The Morgan fingerprint density at radius 2 is 2.16 bits per heavy atom. The molecule has 2 aromatic rings. The molecule has 0 saturated heterocycles. The summed E-state index contributed by atoms with van der Waals surface area (Å²) in [5, 5.41) is 3.73. The molecule has 0 aliphatic carbocycles. The summed E-state index contributed by atoms with van der Waals surface area (Å²) in [7, 11) is -3.53. The summed E-state index contributed by atoms with van der Waals surface area (Å²) in [6, 6.07) is 8.33. The molecule has 1 aromatic heterocycles. The zero-order valence-corrected chi connectivity index (χ0v) is 14.4. The molecule has 0 bridgehead atoms.